The molecule has 5 aromatic rings. The molecule has 0 amide bonds. The number of aliphatic hydroxyl groups excluding tert-OH is 1. The molecule has 1 aromatic carbocycles. The van der Waals surface area contributed by atoms with E-state index < -0.39 is 6.10 Å². The molecule has 1 atom stereocenters. The molecule has 0 saturated heterocycles. The zero-order valence-corrected chi connectivity index (χ0v) is 16.1. The van der Waals surface area contributed by atoms with E-state index in [0.717, 1.165) is 20.9 Å². The van der Waals surface area contributed by atoms with Crippen molar-refractivity contribution in [3.8, 4) is 10.4 Å². The van der Waals surface area contributed by atoms with Crippen LogP contribution >= 0.6 is 22.7 Å². The molecule has 0 aliphatic heterocycles. The largest absolute Gasteiger partial charge is 0.381 e. The molecule has 1 fully saturated rings. The lowest BCUT2D eigenvalue weighted by atomic mass is 10.1. The van der Waals surface area contributed by atoms with Gasteiger partial charge in [-0.05, 0) is 60.0 Å². The first-order chi connectivity index (χ1) is 13.3. The Bertz CT molecular complexity index is 1270. The van der Waals surface area contributed by atoms with Gasteiger partial charge in [-0.2, -0.15) is 0 Å². The van der Waals surface area contributed by atoms with Crippen molar-refractivity contribution in [2.75, 3.05) is 0 Å². The lowest BCUT2D eigenvalue weighted by Crippen LogP contribution is -2.03. The fourth-order valence-corrected chi connectivity index (χ4v) is 6.02. The van der Waals surface area contributed by atoms with Crippen LogP contribution in [0, 0.1) is 0 Å². The highest BCUT2D eigenvalue weighted by molar-refractivity contribution is 7.17. The summed E-state index contributed by atoms with van der Waals surface area (Å²) in [5.74, 6) is 0.606. The zero-order chi connectivity index (χ0) is 18.0. The second-order valence-corrected chi connectivity index (χ2v) is 9.29. The number of nitrogens with one attached hydrogen (secondary N) is 1. The summed E-state index contributed by atoms with van der Waals surface area (Å²) in [7, 11) is 0. The average Bonchev–Trinajstić information content (AvgIpc) is 3.11. The van der Waals surface area contributed by atoms with Crippen molar-refractivity contribution in [1.82, 2.24) is 14.4 Å². The number of thiazole rings is 1. The van der Waals surface area contributed by atoms with E-state index in [2.05, 4.69) is 50.8 Å². The molecule has 1 aliphatic rings. The Morgan fingerprint density at radius 3 is 2.96 bits per heavy atom. The maximum Gasteiger partial charge on any atom is 0.130 e. The van der Waals surface area contributed by atoms with E-state index in [-0.39, 0.29) is 0 Å². The summed E-state index contributed by atoms with van der Waals surface area (Å²) in [4.78, 5) is 12.1. The summed E-state index contributed by atoms with van der Waals surface area (Å²) in [5.41, 5.74) is 3.33. The van der Waals surface area contributed by atoms with Crippen LogP contribution in [0.3, 0.4) is 0 Å². The first-order valence-electron chi connectivity index (χ1n) is 9.08. The molecule has 4 nitrogen and oxygen atoms in total. The molecule has 2 N–H and O–H groups in total. The Kier molecular flexibility index (Phi) is 3.35. The number of nitrogens with zero attached hydrogens (tertiary/aromatic N) is 2. The molecule has 1 aliphatic carbocycles. The minimum Gasteiger partial charge on any atom is -0.381 e. The second-order valence-electron chi connectivity index (χ2n) is 7.11. The Balaban J connectivity index is 1.41. The molecule has 1 saturated carbocycles. The quantitative estimate of drug-likeness (QED) is 0.421. The van der Waals surface area contributed by atoms with Crippen LogP contribution in [0.15, 0.2) is 55.1 Å². The van der Waals surface area contributed by atoms with E-state index in [0.29, 0.717) is 5.92 Å². The van der Waals surface area contributed by atoms with Gasteiger partial charge in [-0.15, -0.1) is 22.7 Å². The number of aromatic nitrogens is 3. The minimum absolute atomic E-state index is 0.606. The summed E-state index contributed by atoms with van der Waals surface area (Å²) >= 11 is 3.44. The van der Waals surface area contributed by atoms with E-state index >= 15 is 0 Å². The van der Waals surface area contributed by atoms with E-state index in [4.69, 9.17) is 0 Å². The molecule has 1 unspecified atom stereocenters. The van der Waals surface area contributed by atoms with Crippen molar-refractivity contribution in [1.29, 1.82) is 0 Å². The molecule has 134 valence electrons. The lowest BCUT2D eigenvalue weighted by molar-refractivity contribution is 0.217. The fraction of sp³-hybridized carbons (Fsp3) is 0.190. The number of hydrogen-bond donors (Lipinski definition) is 2. The molecule has 0 spiro atoms. The Hall–Kier alpha value is -2.41. The van der Waals surface area contributed by atoms with Gasteiger partial charge in [0.15, 0.2) is 0 Å². The molecular weight excluding hydrogens is 374 g/mol. The Morgan fingerprint density at radius 1 is 1.15 bits per heavy atom. The number of benzene rings is 1. The molecule has 27 heavy (non-hydrogen) atoms. The highest BCUT2D eigenvalue weighted by atomic mass is 32.1. The van der Waals surface area contributed by atoms with Crippen LogP contribution in [0.1, 0.15) is 40.3 Å². The van der Waals surface area contributed by atoms with Gasteiger partial charge in [0.1, 0.15) is 17.3 Å². The van der Waals surface area contributed by atoms with E-state index in [1.54, 1.807) is 22.7 Å². The van der Waals surface area contributed by atoms with E-state index in [9.17, 15) is 5.11 Å². The molecular formula is C21H17N3OS2. The van der Waals surface area contributed by atoms with Gasteiger partial charge in [0.25, 0.3) is 0 Å². The van der Waals surface area contributed by atoms with Crippen LogP contribution in [-0.4, -0.2) is 19.5 Å². The standard InChI is InChI=1S/C21H17N3OS2/c25-20(19-21(12-1-2-12)27-18-10-22-11-24(18)19)17-6-5-16(26-17)14-3-4-15-13(9-14)7-8-23-15/h3-12,20,23,25H,1-2H2. The lowest BCUT2D eigenvalue weighted by Gasteiger charge is -2.10. The van der Waals surface area contributed by atoms with Crippen LogP contribution in [0.2, 0.25) is 0 Å². The summed E-state index contributed by atoms with van der Waals surface area (Å²) in [6.45, 7) is 0. The predicted octanol–water partition coefficient (Wildman–Crippen LogP) is 5.56. The van der Waals surface area contributed by atoms with Gasteiger partial charge in [-0.25, -0.2) is 4.98 Å². The van der Waals surface area contributed by atoms with Gasteiger partial charge < -0.3 is 10.1 Å². The van der Waals surface area contributed by atoms with Crippen LogP contribution in [0.25, 0.3) is 26.2 Å². The number of aromatic amines is 1. The van der Waals surface area contributed by atoms with Crippen molar-refractivity contribution in [3.63, 3.8) is 0 Å². The Morgan fingerprint density at radius 2 is 2.07 bits per heavy atom. The van der Waals surface area contributed by atoms with Crippen molar-refractivity contribution in [2.45, 2.75) is 24.9 Å². The maximum atomic E-state index is 11.2. The first kappa shape index (κ1) is 15.6. The monoisotopic (exact) mass is 391 g/mol. The molecule has 4 heterocycles. The average molecular weight is 392 g/mol. The smallest absolute Gasteiger partial charge is 0.130 e. The molecule has 6 rings (SSSR count). The van der Waals surface area contributed by atoms with Crippen LogP contribution in [0.5, 0.6) is 0 Å². The van der Waals surface area contributed by atoms with E-state index in [1.165, 1.54) is 33.5 Å². The number of imidazole rings is 1. The third kappa shape index (κ3) is 2.48. The highest BCUT2D eigenvalue weighted by Crippen LogP contribution is 2.48. The van der Waals surface area contributed by atoms with Gasteiger partial charge >= 0.3 is 0 Å². The SMILES string of the molecule is OC(c1ccc(-c2ccc3[nH]ccc3c2)s1)c1c(C2CC2)sc2cncn12. The molecule has 0 bridgehead atoms. The Labute approximate surface area is 163 Å². The van der Waals surface area contributed by atoms with Crippen LogP contribution < -0.4 is 0 Å². The second kappa shape index (κ2) is 5.79. The van der Waals surface area contributed by atoms with Gasteiger partial charge in [0, 0.05) is 26.3 Å². The van der Waals surface area contributed by atoms with Gasteiger partial charge in [-0.1, -0.05) is 6.07 Å². The number of rotatable bonds is 4. The molecule has 0 radical (unpaired) electrons. The number of fused-ring (bicyclic) bond motifs is 2. The summed E-state index contributed by atoms with van der Waals surface area (Å²) in [6, 6.07) is 12.7. The number of thiophene rings is 1. The first-order valence-corrected chi connectivity index (χ1v) is 10.7. The van der Waals surface area contributed by atoms with Crippen molar-refractivity contribution in [3.05, 3.63) is 70.6 Å². The predicted molar refractivity (Wildman–Crippen MR) is 111 cm³/mol. The number of aliphatic hydroxyl groups is 1. The minimum atomic E-state index is -0.613. The van der Waals surface area contributed by atoms with Crippen LogP contribution in [0.4, 0.5) is 0 Å². The fourth-order valence-electron chi connectivity index (χ4n) is 3.72. The van der Waals surface area contributed by atoms with E-state index in [1.807, 2.05) is 18.7 Å². The van der Waals surface area contributed by atoms with Gasteiger partial charge in [-0.3, -0.25) is 4.40 Å². The highest BCUT2D eigenvalue weighted by Gasteiger charge is 2.33. The van der Waals surface area contributed by atoms with Gasteiger partial charge in [0.05, 0.1) is 11.9 Å². The maximum absolute atomic E-state index is 11.2. The van der Waals surface area contributed by atoms with Crippen molar-refractivity contribution < 1.29 is 5.11 Å². The van der Waals surface area contributed by atoms with Crippen molar-refractivity contribution >= 4 is 38.4 Å². The third-order valence-electron chi connectivity index (χ3n) is 5.27. The summed E-state index contributed by atoms with van der Waals surface area (Å²) in [5, 5.41) is 12.4. The number of H-pyrrole nitrogens is 1. The topological polar surface area (TPSA) is 53.3 Å². The summed E-state index contributed by atoms with van der Waals surface area (Å²) < 4.78 is 2.06. The van der Waals surface area contributed by atoms with Gasteiger partial charge in [0.2, 0.25) is 0 Å². The number of hydrogen-bond acceptors (Lipinski definition) is 4. The molecule has 4 aromatic heterocycles. The van der Waals surface area contributed by atoms with Crippen LogP contribution in [-0.2, 0) is 0 Å². The summed E-state index contributed by atoms with van der Waals surface area (Å²) in [6.07, 6.45) is 7.51. The normalized spacial score (nSPS) is 15.7. The van der Waals surface area contributed by atoms with Crippen molar-refractivity contribution in [2.24, 2.45) is 0 Å². The third-order valence-corrected chi connectivity index (χ3v) is 7.73. The zero-order valence-electron chi connectivity index (χ0n) is 14.4. The molecule has 6 heteroatoms.